The molecule has 3 rings (SSSR count). The van der Waals surface area contributed by atoms with E-state index in [0.29, 0.717) is 12.0 Å². The second kappa shape index (κ2) is 7.38. The lowest BCUT2D eigenvalue weighted by Gasteiger charge is -2.28. The quantitative estimate of drug-likeness (QED) is 0.604. The third-order valence-electron chi connectivity index (χ3n) is 6.23. The number of hydrogen-bond donors (Lipinski definition) is 2. The standard InChI is InChI=1S/C19H29N3O/c1-13(18-10-14-7-8-15(18)9-14)21-12-16(11-20)19(23)22-17-5-3-2-4-6-17/h12-15,17-18,21H,2-10H2,1H3,(H,22,23)/b16-12-. The molecule has 1 amide bonds. The lowest BCUT2D eigenvalue weighted by molar-refractivity contribution is -0.118. The van der Waals surface area contributed by atoms with Crippen LogP contribution >= 0.6 is 0 Å². The highest BCUT2D eigenvalue weighted by molar-refractivity contribution is 5.97. The molecule has 2 bridgehead atoms. The summed E-state index contributed by atoms with van der Waals surface area (Å²) in [6.45, 7) is 2.19. The van der Waals surface area contributed by atoms with E-state index in [-0.39, 0.29) is 17.5 Å². The molecule has 3 aliphatic rings. The van der Waals surface area contributed by atoms with Crippen LogP contribution in [0.1, 0.15) is 64.7 Å². The maximum absolute atomic E-state index is 12.3. The van der Waals surface area contributed by atoms with E-state index in [0.717, 1.165) is 24.7 Å². The van der Waals surface area contributed by atoms with Crippen molar-refractivity contribution in [2.24, 2.45) is 17.8 Å². The molecule has 2 N–H and O–H groups in total. The summed E-state index contributed by atoms with van der Waals surface area (Å²) in [6, 6.07) is 2.65. The summed E-state index contributed by atoms with van der Waals surface area (Å²) >= 11 is 0. The Labute approximate surface area is 139 Å². The number of hydrogen-bond acceptors (Lipinski definition) is 3. The molecule has 3 saturated carbocycles. The van der Waals surface area contributed by atoms with Gasteiger partial charge in [0.05, 0.1) is 0 Å². The molecule has 4 unspecified atom stereocenters. The largest absolute Gasteiger partial charge is 0.387 e. The second-order valence-electron chi connectivity index (χ2n) is 7.77. The molecular formula is C19H29N3O. The fraction of sp³-hybridized carbons (Fsp3) is 0.789. The summed E-state index contributed by atoms with van der Waals surface area (Å²) in [5, 5.41) is 15.6. The SMILES string of the molecule is CC(N/C=C(/C#N)C(=O)NC1CCCCC1)C1CC2CCC1C2. The first-order valence-electron chi connectivity index (χ1n) is 9.34. The van der Waals surface area contributed by atoms with Crippen molar-refractivity contribution in [3.63, 3.8) is 0 Å². The van der Waals surface area contributed by atoms with Crippen LogP contribution < -0.4 is 10.6 Å². The van der Waals surface area contributed by atoms with Crippen molar-refractivity contribution >= 4 is 5.91 Å². The van der Waals surface area contributed by atoms with Gasteiger partial charge in [-0.3, -0.25) is 4.79 Å². The van der Waals surface area contributed by atoms with Gasteiger partial charge in [0.25, 0.3) is 5.91 Å². The van der Waals surface area contributed by atoms with Crippen LogP contribution in [0.3, 0.4) is 0 Å². The number of carbonyl (C=O) groups excluding carboxylic acids is 1. The number of nitrogens with zero attached hydrogens (tertiary/aromatic N) is 1. The van der Waals surface area contributed by atoms with Gasteiger partial charge in [0, 0.05) is 18.3 Å². The minimum atomic E-state index is -0.216. The Bertz CT molecular complexity index is 501. The summed E-state index contributed by atoms with van der Waals surface area (Å²) < 4.78 is 0. The van der Waals surface area contributed by atoms with Gasteiger partial charge < -0.3 is 10.6 Å². The predicted octanol–water partition coefficient (Wildman–Crippen LogP) is 3.26. The molecular weight excluding hydrogens is 286 g/mol. The van der Waals surface area contributed by atoms with E-state index in [1.54, 1.807) is 6.20 Å². The van der Waals surface area contributed by atoms with E-state index >= 15 is 0 Å². The Morgan fingerprint density at radius 1 is 1.17 bits per heavy atom. The van der Waals surface area contributed by atoms with Crippen LogP contribution in [0, 0.1) is 29.1 Å². The van der Waals surface area contributed by atoms with Crippen LogP contribution in [0.25, 0.3) is 0 Å². The number of fused-ring (bicyclic) bond motifs is 2. The van der Waals surface area contributed by atoms with Crippen molar-refractivity contribution in [2.75, 3.05) is 0 Å². The molecule has 4 heteroatoms. The molecule has 0 aromatic carbocycles. The zero-order valence-electron chi connectivity index (χ0n) is 14.2. The lowest BCUT2D eigenvalue weighted by atomic mass is 9.84. The van der Waals surface area contributed by atoms with E-state index in [2.05, 4.69) is 23.6 Å². The molecule has 4 atom stereocenters. The van der Waals surface area contributed by atoms with E-state index in [9.17, 15) is 10.1 Å². The highest BCUT2D eigenvalue weighted by atomic mass is 16.1. The molecule has 0 heterocycles. The average molecular weight is 315 g/mol. The summed E-state index contributed by atoms with van der Waals surface area (Å²) in [6.07, 6.45) is 12.8. The van der Waals surface area contributed by atoms with E-state index in [1.807, 2.05) is 0 Å². The van der Waals surface area contributed by atoms with Gasteiger partial charge in [0.2, 0.25) is 0 Å². The molecule has 23 heavy (non-hydrogen) atoms. The van der Waals surface area contributed by atoms with Gasteiger partial charge in [-0.05, 0) is 56.8 Å². The Morgan fingerprint density at radius 3 is 2.57 bits per heavy atom. The number of amides is 1. The van der Waals surface area contributed by atoms with Gasteiger partial charge in [-0.2, -0.15) is 5.26 Å². The van der Waals surface area contributed by atoms with Crippen molar-refractivity contribution in [1.82, 2.24) is 10.6 Å². The maximum atomic E-state index is 12.3. The molecule has 126 valence electrons. The number of rotatable bonds is 5. The zero-order valence-corrected chi connectivity index (χ0v) is 14.2. The van der Waals surface area contributed by atoms with Crippen LogP contribution in [0.4, 0.5) is 0 Å². The van der Waals surface area contributed by atoms with E-state index < -0.39 is 0 Å². The number of nitriles is 1. The molecule has 0 aromatic heterocycles. The Balaban J connectivity index is 1.51. The molecule has 0 aromatic rings. The fourth-order valence-electron chi connectivity index (χ4n) is 4.90. The summed E-state index contributed by atoms with van der Waals surface area (Å²) in [7, 11) is 0. The summed E-state index contributed by atoms with van der Waals surface area (Å²) in [5.74, 6) is 2.25. The molecule has 4 nitrogen and oxygen atoms in total. The van der Waals surface area contributed by atoms with Crippen LogP contribution in [0.15, 0.2) is 11.8 Å². The number of nitrogens with one attached hydrogen (secondary N) is 2. The van der Waals surface area contributed by atoms with Gasteiger partial charge >= 0.3 is 0 Å². The van der Waals surface area contributed by atoms with E-state index in [4.69, 9.17) is 0 Å². The monoisotopic (exact) mass is 315 g/mol. The molecule has 0 aliphatic heterocycles. The van der Waals surface area contributed by atoms with Gasteiger partial charge in [0.15, 0.2) is 0 Å². The molecule has 3 aliphatic carbocycles. The van der Waals surface area contributed by atoms with Crippen molar-refractivity contribution < 1.29 is 4.79 Å². The van der Waals surface area contributed by atoms with Crippen LogP contribution in [0.2, 0.25) is 0 Å². The van der Waals surface area contributed by atoms with Crippen molar-refractivity contribution in [3.05, 3.63) is 11.8 Å². The third kappa shape index (κ3) is 3.88. The van der Waals surface area contributed by atoms with Gasteiger partial charge in [-0.25, -0.2) is 0 Å². The Hall–Kier alpha value is -1.50. The van der Waals surface area contributed by atoms with E-state index in [1.165, 1.54) is 44.9 Å². The summed E-state index contributed by atoms with van der Waals surface area (Å²) in [4.78, 5) is 12.3. The molecule has 0 saturated heterocycles. The molecule has 3 fully saturated rings. The molecule has 0 radical (unpaired) electrons. The second-order valence-corrected chi connectivity index (χ2v) is 7.77. The Kier molecular flexibility index (Phi) is 5.25. The number of carbonyl (C=O) groups is 1. The zero-order chi connectivity index (χ0) is 16.2. The lowest BCUT2D eigenvalue weighted by Crippen LogP contribution is -2.38. The molecule has 0 spiro atoms. The highest BCUT2D eigenvalue weighted by Gasteiger charge is 2.41. The van der Waals surface area contributed by atoms with Crippen LogP contribution in [-0.4, -0.2) is 18.0 Å². The fourth-order valence-corrected chi connectivity index (χ4v) is 4.90. The Morgan fingerprint density at radius 2 is 1.96 bits per heavy atom. The van der Waals surface area contributed by atoms with Gasteiger partial charge in [0.1, 0.15) is 11.6 Å². The van der Waals surface area contributed by atoms with Crippen molar-refractivity contribution in [3.8, 4) is 6.07 Å². The summed E-state index contributed by atoms with van der Waals surface area (Å²) in [5.41, 5.74) is 0.213. The van der Waals surface area contributed by atoms with Gasteiger partial charge in [-0.1, -0.05) is 25.7 Å². The first-order valence-corrected chi connectivity index (χ1v) is 9.34. The van der Waals surface area contributed by atoms with Crippen LogP contribution in [-0.2, 0) is 4.79 Å². The van der Waals surface area contributed by atoms with Gasteiger partial charge in [-0.15, -0.1) is 0 Å². The smallest absolute Gasteiger partial charge is 0.263 e. The topological polar surface area (TPSA) is 64.9 Å². The first-order chi connectivity index (χ1) is 11.2. The predicted molar refractivity (Wildman–Crippen MR) is 90.2 cm³/mol. The van der Waals surface area contributed by atoms with Crippen LogP contribution in [0.5, 0.6) is 0 Å². The normalized spacial score (nSPS) is 32.3. The minimum Gasteiger partial charge on any atom is -0.387 e. The average Bonchev–Trinajstić information content (AvgIpc) is 3.19. The van der Waals surface area contributed by atoms with Crippen molar-refractivity contribution in [2.45, 2.75) is 76.8 Å². The van der Waals surface area contributed by atoms with Crippen molar-refractivity contribution in [1.29, 1.82) is 5.26 Å². The third-order valence-corrected chi connectivity index (χ3v) is 6.23. The maximum Gasteiger partial charge on any atom is 0.263 e. The first kappa shape index (κ1) is 16.4. The highest BCUT2D eigenvalue weighted by Crippen LogP contribution is 2.49. The minimum absolute atomic E-state index is 0.213.